The van der Waals surface area contributed by atoms with Crippen molar-refractivity contribution in [3.63, 3.8) is 0 Å². The van der Waals surface area contributed by atoms with Gasteiger partial charge in [-0.15, -0.1) is 0 Å². The maximum absolute atomic E-state index is 6.44. The lowest BCUT2D eigenvalue weighted by molar-refractivity contribution is 0.223. The third kappa shape index (κ3) is 3.62. The van der Waals surface area contributed by atoms with Crippen LogP contribution in [0, 0.1) is 0 Å². The third-order valence-electron chi connectivity index (χ3n) is 4.71. The monoisotopic (exact) mass is 314 g/mol. The van der Waals surface area contributed by atoms with Gasteiger partial charge in [-0.25, -0.2) is 0 Å². The molecule has 2 N–H and O–H groups in total. The average Bonchev–Trinajstić information content (AvgIpc) is 2.96. The fourth-order valence-electron chi connectivity index (χ4n) is 3.38. The predicted molar refractivity (Wildman–Crippen MR) is 90.9 cm³/mol. The first kappa shape index (κ1) is 16.1. The van der Waals surface area contributed by atoms with Crippen LogP contribution in [0.5, 0.6) is 0 Å². The van der Waals surface area contributed by atoms with E-state index in [2.05, 4.69) is 60.3 Å². The van der Waals surface area contributed by atoms with E-state index in [0.717, 1.165) is 24.9 Å². The molecular weight excluding hydrogens is 288 g/mol. The van der Waals surface area contributed by atoms with Gasteiger partial charge in [0.2, 0.25) is 11.7 Å². The SMILES string of the molecule is CN(C)Cc1ccc(-c2noc(C3CCCCC3(C)N)n2)cc1. The summed E-state index contributed by atoms with van der Waals surface area (Å²) in [6.07, 6.45) is 4.39. The van der Waals surface area contributed by atoms with Gasteiger partial charge in [0.1, 0.15) is 0 Å². The molecule has 0 spiro atoms. The van der Waals surface area contributed by atoms with E-state index in [1.807, 2.05) is 0 Å². The van der Waals surface area contributed by atoms with Gasteiger partial charge in [0, 0.05) is 17.6 Å². The lowest BCUT2D eigenvalue weighted by Crippen LogP contribution is -2.44. The molecule has 1 saturated carbocycles. The Morgan fingerprint density at radius 3 is 2.65 bits per heavy atom. The topological polar surface area (TPSA) is 68.2 Å². The quantitative estimate of drug-likeness (QED) is 0.938. The Morgan fingerprint density at radius 2 is 2.00 bits per heavy atom. The van der Waals surface area contributed by atoms with Crippen molar-refractivity contribution in [2.75, 3.05) is 14.1 Å². The summed E-state index contributed by atoms with van der Waals surface area (Å²) in [5.74, 6) is 1.49. The van der Waals surface area contributed by atoms with Crippen LogP contribution in [-0.4, -0.2) is 34.7 Å². The number of benzene rings is 1. The van der Waals surface area contributed by atoms with Gasteiger partial charge in [-0.1, -0.05) is 42.3 Å². The largest absolute Gasteiger partial charge is 0.339 e. The van der Waals surface area contributed by atoms with Crippen LogP contribution in [-0.2, 0) is 6.54 Å². The molecule has 2 atom stereocenters. The van der Waals surface area contributed by atoms with Crippen LogP contribution in [0.4, 0.5) is 0 Å². The van der Waals surface area contributed by atoms with Gasteiger partial charge in [-0.05, 0) is 39.4 Å². The summed E-state index contributed by atoms with van der Waals surface area (Å²) in [4.78, 5) is 6.77. The van der Waals surface area contributed by atoms with E-state index in [0.29, 0.717) is 11.7 Å². The summed E-state index contributed by atoms with van der Waals surface area (Å²) in [6.45, 7) is 3.02. The van der Waals surface area contributed by atoms with Crippen molar-refractivity contribution in [2.45, 2.75) is 50.6 Å². The average molecular weight is 314 g/mol. The van der Waals surface area contributed by atoms with Gasteiger partial charge >= 0.3 is 0 Å². The lowest BCUT2D eigenvalue weighted by Gasteiger charge is -2.35. The molecule has 3 rings (SSSR count). The highest BCUT2D eigenvalue weighted by Crippen LogP contribution is 2.38. The Kier molecular flexibility index (Phi) is 4.50. The highest BCUT2D eigenvalue weighted by molar-refractivity contribution is 5.54. The van der Waals surface area contributed by atoms with Crippen LogP contribution in [0.15, 0.2) is 28.8 Å². The van der Waals surface area contributed by atoms with Crippen LogP contribution in [0.1, 0.15) is 50.0 Å². The maximum Gasteiger partial charge on any atom is 0.231 e. The Bertz CT molecular complexity index is 645. The summed E-state index contributed by atoms with van der Waals surface area (Å²) < 4.78 is 5.54. The Morgan fingerprint density at radius 1 is 1.26 bits per heavy atom. The zero-order chi connectivity index (χ0) is 16.4. The van der Waals surface area contributed by atoms with Crippen LogP contribution in [0.25, 0.3) is 11.4 Å². The molecular formula is C18H26N4O. The first-order valence-corrected chi connectivity index (χ1v) is 8.32. The van der Waals surface area contributed by atoms with Crippen molar-refractivity contribution in [1.82, 2.24) is 15.0 Å². The Hall–Kier alpha value is -1.72. The van der Waals surface area contributed by atoms with E-state index in [4.69, 9.17) is 10.3 Å². The maximum atomic E-state index is 6.44. The molecule has 0 radical (unpaired) electrons. The van der Waals surface area contributed by atoms with E-state index in [-0.39, 0.29) is 11.5 Å². The van der Waals surface area contributed by atoms with E-state index >= 15 is 0 Å². The molecule has 0 bridgehead atoms. The van der Waals surface area contributed by atoms with Gasteiger partial charge in [-0.2, -0.15) is 4.98 Å². The molecule has 124 valence electrons. The fourth-order valence-corrected chi connectivity index (χ4v) is 3.38. The van der Waals surface area contributed by atoms with Gasteiger partial charge in [0.15, 0.2) is 0 Å². The minimum atomic E-state index is -0.252. The number of hydrogen-bond donors (Lipinski definition) is 1. The normalized spacial score (nSPS) is 25.0. The van der Waals surface area contributed by atoms with Gasteiger partial charge in [0.05, 0.1) is 5.92 Å². The number of hydrogen-bond acceptors (Lipinski definition) is 5. The zero-order valence-corrected chi connectivity index (χ0v) is 14.2. The number of nitrogens with two attached hydrogens (primary N) is 1. The summed E-state index contributed by atoms with van der Waals surface area (Å²) in [7, 11) is 4.13. The van der Waals surface area contributed by atoms with Crippen molar-refractivity contribution in [1.29, 1.82) is 0 Å². The molecule has 1 aromatic carbocycles. The van der Waals surface area contributed by atoms with E-state index in [9.17, 15) is 0 Å². The Labute approximate surface area is 137 Å². The van der Waals surface area contributed by atoms with Crippen molar-refractivity contribution >= 4 is 0 Å². The second-order valence-corrected chi connectivity index (χ2v) is 7.20. The molecule has 23 heavy (non-hydrogen) atoms. The van der Waals surface area contributed by atoms with Crippen molar-refractivity contribution in [3.05, 3.63) is 35.7 Å². The van der Waals surface area contributed by atoms with Crippen LogP contribution in [0.3, 0.4) is 0 Å². The summed E-state index contributed by atoms with van der Waals surface area (Å²) in [6, 6.07) is 8.32. The Balaban J connectivity index is 1.79. The predicted octanol–water partition coefficient (Wildman–Crippen LogP) is 3.17. The molecule has 0 amide bonds. The van der Waals surface area contributed by atoms with E-state index in [1.165, 1.54) is 18.4 Å². The number of rotatable bonds is 4. The number of nitrogens with zero attached hydrogens (tertiary/aromatic N) is 3. The third-order valence-corrected chi connectivity index (χ3v) is 4.71. The number of aromatic nitrogens is 2. The van der Waals surface area contributed by atoms with Crippen molar-refractivity contribution in [2.24, 2.45) is 5.73 Å². The standard InChI is InChI=1S/C18H26N4O/c1-18(19)11-5-4-6-15(18)17-20-16(21-23-17)14-9-7-13(8-10-14)12-22(2)3/h7-10,15H,4-6,11-12,19H2,1-3H3. The molecule has 1 aliphatic rings. The first-order chi connectivity index (χ1) is 11.0. The van der Waals surface area contributed by atoms with Crippen LogP contribution < -0.4 is 5.73 Å². The van der Waals surface area contributed by atoms with Gasteiger partial charge in [0.25, 0.3) is 0 Å². The summed E-state index contributed by atoms with van der Waals surface area (Å²) >= 11 is 0. The molecule has 1 aromatic heterocycles. The minimum Gasteiger partial charge on any atom is -0.339 e. The highest BCUT2D eigenvalue weighted by atomic mass is 16.5. The smallest absolute Gasteiger partial charge is 0.231 e. The second-order valence-electron chi connectivity index (χ2n) is 7.20. The van der Waals surface area contributed by atoms with Crippen LogP contribution in [0.2, 0.25) is 0 Å². The molecule has 0 aliphatic heterocycles. The fraction of sp³-hybridized carbons (Fsp3) is 0.556. The molecule has 5 heteroatoms. The lowest BCUT2D eigenvalue weighted by atomic mass is 9.74. The first-order valence-electron chi connectivity index (χ1n) is 8.32. The van der Waals surface area contributed by atoms with Crippen LogP contribution >= 0.6 is 0 Å². The van der Waals surface area contributed by atoms with Gasteiger partial charge < -0.3 is 15.2 Å². The molecule has 0 saturated heterocycles. The molecule has 1 aliphatic carbocycles. The highest BCUT2D eigenvalue weighted by Gasteiger charge is 2.37. The molecule has 5 nitrogen and oxygen atoms in total. The molecule has 2 unspecified atom stereocenters. The minimum absolute atomic E-state index is 0.158. The van der Waals surface area contributed by atoms with E-state index in [1.54, 1.807) is 0 Å². The van der Waals surface area contributed by atoms with E-state index < -0.39 is 0 Å². The second kappa shape index (κ2) is 6.42. The van der Waals surface area contributed by atoms with Crippen molar-refractivity contribution < 1.29 is 4.52 Å². The molecule has 2 aromatic rings. The summed E-state index contributed by atoms with van der Waals surface area (Å²) in [5.41, 5.74) is 8.43. The van der Waals surface area contributed by atoms with Gasteiger partial charge in [-0.3, -0.25) is 0 Å². The summed E-state index contributed by atoms with van der Waals surface area (Å²) in [5, 5.41) is 4.17. The molecule has 1 heterocycles. The molecule has 1 fully saturated rings. The zero-order valence-electron chi connectivity index (χ0n) is 14.2. The van der Waals surface area contributed by atoms with Crippen molar-refractivity contribution in [3.8, 4) is 11.4 Å².